The van der Waals surface area contributed by atoms with E-state index in [1.54, 1.807) is 24.3 Å². The zero-order valence-electron chi connectivity index (χ0n) is 26.6. The number of methoxy groups -OCH3 is 1. The van der Waals surface area contributed by atoms with E-state index in [1.165, 1.54) is 0 Å². The number of benzene rings is 1. The zero-order chi connectivity index (χ0) is 31.8. The fraction of sp³-hybridized carbons (Fsp3) is 0.606. The van der Waals surface area contributed by atoms with Crippen molar-refractivity contribution in [3.8, 4) is 11.5 Å². The number of nitrogens with one attached hydrogen (secondary N) is 1. The number of hydrogen-bond acceptors (Lipinski definition) is 9. The molecule has 244 valence electrons. The van der Waals surface area contributed by atoms with Gasteiger partial charge < -0.3 is 39.0 Å². The molecule has 0 radical (unpaired) electrons. The normalized spacial score (nSPS) is 15.0. The molecular formula is C33H49N3O8. The summed E-state index contributed by atoms with van der Waals surface area (Å²) >= 11 is 0. The molecule has 1 atom stereocenters. The number of fused-ring (bicyclic) bond motifs is 1. The van der Waals surface area contributed by atoms with Crippen molar-refractivity contribution in [3.05, 3.63) is 47.7 Å². The molecule has 1 amide bonds. The Morgan fingerprint density at radius 3 is 2.41 bits per heavy atom. The van der Waals surface area contributed by atoms with E-state index in [9.17, 15) is 14.7 Å². The number of ether oxygens (including phenoxy) is 5. The predicted octanol–water partition coefficient (Wildman–Crippen LogP) is 4.43. The van der Waals surface area contributed by atoms with Crippen molar-refractivity contribution >= 4 is 17.7 Å². The number of hydrogen-bond donors (Lipinski definition) is 2. The van der Waals surface area contributed by atoms with Gasteiger partial charge in [-0.25, -0.2) is 4.98 Å². The predicted molar refractivity (Wildman–Crippen MR) is 167 cm³/mol. The lowest BCUT2D eigenvalue weighted by Gasteiger charge is -2.24. The van der Waals surface area contributed by atoms with Crippen molar-refractivity contribution in [2.75, 3.05) is 71.8 Å². The largest absolute Gasteiger partial charge is 0.497 e. The summed E-state index contributed by atoms with van der Waals surface area (Å²) < 4.78 is 28.1. The van der Waals surface area contributed by atoms with Crippen LogP contribution in [0, 0.1) is 11.3 Å². The minimum absolute atomic E-state index is 0.171. The quantitative estimate of drug-likeness (QED) is 0.206. The molecule has 0 aliphatic carbocycles. The van der Waals surface area contributed by atoms with Gasteiger partial charge in [0.25, 0.3) is 0 Å². The number of carbonyl (C=O) groups is 2. The minimum atomic E-state index is -0.986. The molecule has 44 heavy (non-hydrogen) atoms. The molecule has 2 heterocycles. The average molecular weight is 616 g/mol. The number of carboxylic acid groups (broad SMARTS) is 1. The fourth-order valence-electron chi connectivity index (χ4n) is 4.70. The summed E-state index contributed by atoms with van der Waals surface area (Å²) in [5.41, 5.74) is 2.17. The molecule has 11 nitrogen and oxygen atoms in total. The van der Waals surface area contributed by atoms with Crippen LogP contribution in [-0.4, -0.2) is 93.3 Å². The Hall–Kier alpha value is -3.41. The van der Waals surface area contributed by atoms with E-state index in [-0.39, 0.29) is 17.7 Å². The topological polar surface area (TPSA) is 129 Å². The number of aliphatic carboxylic acids is 1. The highest BCUT2D eigenvalue weighted by atomic mass is 16.5. The van der Waals surface area contributed by atoms with Crippen LogP contribution in [0.25, 0.3) is 0 Å². The van der Waals surface area contributed by atoms with Gasteiger partial charge in [0.1, 0.15) is 17.3 Å². The second kappa shape index (κ2) is 18.4. The lowest BCUT2D eigenvalue weighted by Crippen LogP contribution is -2.37. The third kappa shape index (κ3) is 13.1. The van der Waals surface area contributed by atoms with Gasteiger partial charge in [-0.3, -0.25) is 9.59 Å². The average Bonchev–Trinajstić information content (AvgIpc) is 3.10. The molecule has 2 N–H and O–H groups in total. The van der Waals surface area contributed by atoms with Gasteiger partial charge in [0, 0.05) is 38.5 Å². The van der Waals surface area contributed by atoms with Gasteiger partial charge >= 0.3 is 5.97 Å². The maximum Gasteiger partial charge on any atom is 0.304 e. The molecule has 11 heteroatoms. The SMILES string of the molecule is COc1ccnc(NCCCOc2ccc3c(c2)CN(CCOCCOCCOCCC(C)(C)C)C(=O)[C@H](CC(=O)O)C3)c1. The maximum absolute atomic E-state index is 13.3. The van der Waals surface area contributed by atoms with E-state index in [1.807, 2.05) is 24.3 Å². The standard InChI is InChI=1S/C33H49N3O8/c1-33(2,3)9-14-41-16-18-43-19-17-42-15-12-36-24-27-21-29(7-6-25(27)20-26(32(36)39)22-31(37)38)44-13-5-10-34-30-23-28(40-4)8-11-35-30/h6-8,11,21,23,26H,5,9-10,12-20,22,24H2,1-4H3,(H,34,35)(H,37,38)/t26-/m0/s1. The van der Waals surface area contributed by atoms with Gasteiger partial charge in [0.2, 0.25) is 5.91 Å². The van der Waals surface area contributed by atoms with Crippen LogP contribution in [0.1, 0.15) is 51.2 Å². The first-order valence-electron chi connectivity index (χ1n) is 15.4. The van der Waals surface area contributed by atoms with Crippen molar-refractivity contribution in [1.82, 2.24) is 9.88 Å². The molecule has 0 unspecified atom stereocenters. The van der Waals surface area contributed by atoms with Crippen LogP contribution in [-0.2, 0) is 36.8 Å². The molecule has 0 spiro atoms. The Balaban J connectivity index is 1.43. The van der Waals surface area contributed by atoms with Crippen LogP contribution in [0.5, 0.6) is 11.5 Å². The van der Waals surface area contributed by atoms with E-state index in [0.717, 1.165) is 35.5 Å². The van der Waals surface area contributed by atoms with E-state index >= 15 is 0 Å². The second-order valence-corrected chi connectivity index (χ2v) is 12.0. The molecule has 0 saturated carbocycles. The summed E-state index contributed by atoms with van der Waals surface area (Å²) in [7, 11) is 1.62. The highest BCUT2D eigenvalue weighted by Gasteiger charge is 2.31. The Labute approximate surface area is 261 Å². The van der Waals surface area contributed by atoms with Gasteiger partial charge in [0.05, 0.1) is 59.1 Å². The molecule has 0 saturated heterocycles. The van der Waals surface area contributed by atoms with E-state index in [4.69, 9.17) is 23.7 Å². The van der Waals surface area contributed by atoms with Gasteiger partial charge in [-0.15, -0.1) is 0 Å². The Bertz CT molecular complexity index is 1170. The number of aromatic nitrogens is 1. The van der Waals surface area contributed by atoms with Crippen LogP contribution >= 0.6 is 0 Å². The highest BCUT2D eigenvalue weighted by molar-refractivity contribution is 5.84. The van der Waals surface area contributed by atoms with Crippen molar-refractivity contribution in [2.45, 2.75) is 53.0 Å². The molecule has 3 rings (SSSR count). The smallest absolute Gasteiger partial charge is 0.304 e. The second-order valence-electron chi connectivity index (χ2n) is 12.0. The van der Waals surface area contributed by atoms with E-state index in [0.29, 0.717) is 78.1 Å². The molecule has 1 aliphatic rings. The van der Waals surface area contributed by atoms with Gasteiger partial charge in [-0.1, -0.05) is 26.8 Å². The monoisotopic (exact) mass is 615 g/mol. The Morgan fingerprint density at radius 2 is 1.70 bits per heavy atom. The number of rotatable bonds is 20. The molecule has 1 aromatic heterocycles. The summed E-state index contributed by atoms with van der Waals surface area (Å²) in [5.74, 6) is 0.409. The maximum atomic E-state index is 13.3. The lowest BCUT2D eigenvalue weighted by molar-refractivity contribution is -0.145. The first-order valence-corrected chi connectivity index (χ1v) is 15.4. The van der Waals surface area contributed by atoms with Gasteiger partial charge in [0.15, 0.2) is 0 Å². The van der Waals surface area contributed by atoms with Crippen LogP contribution in [0.3, 0.4) is 0 Å². The number of anilines is 1. The number of carbonyl (C=O) groups excluding carboxylic acids is 1. The first kappa shape index (κ1) is 35.1. The third-order valence-electron chi connectivity index (χ3n) is 7.20. The molecule has 2 aromatic rings. The summed E-state index contributed by atoms with van der Waals surface area (Å²) in [6, 6.07) is 9.40. The molecule has 1 aliphatic heterocycles. The van der Waals surface area contributed by atoms with E-state index < -0.39 is 11.9 Å². The number of nitrogens with zero attached hydrogens (tertiary/aromatic N) is 2. The number of amides is 1. The summed E-state index contributed by atoms with van der Waals surface area (Å²) in [5, 5.41) is 12.7. The highest BCUT2D eigenvalue weighted by Crippen LogP contribution is 2.28. The number of carboxylic acids is 1. The van der Waals surface area contributed by atoms with Crippen LogP contribution < -0.4 is 14.8 Å². The van der Waals surface area contributed by atoms with Crippen molar-refractivity contribution in [1.29, 1.82) is 0 Å². The Kier molecular flexibility index (Phi) is 14.7. The lowest BCUT2D eigenvalue weighted by atomic mass is 9.93. The summed E-state index contributed by atoms with van der Waals surface area (Å²) in [6.07, 6.45) is 3.61. The van der Waals surface area contributed by atoms with Crippen molar-refractivity contribution < 1.29 is 38.4 Å². The van der Waals surface area contributed by atoms with Crippen LogP contribution in [0.2, 0.25) is 0 Å². The molecule has 1 aromatic carbocycles. The number of pyridine rings is 1. The zero-order valence-corrected chi connectivity index (χ0v) is 26.6. The summed E-state index contributed by atoms with van der Waals surface area (Å²) in [6.45, 7) is 11.4. The van der Waals surface area contributed by atoms with Crippen LogP contribution in [0.15, 0.2) is 36.5 Å². The van der Waals surface area contributed by atoms with Crippen LogP contribution in [0.4, 0.5) is 5.82 Å². The fourth-order valence-corrected chi connectivity index (χ4v) is 4.70. The van der Waals surface area contributed by atoms with Crippen molar-refractivity contribution in [2.24, 2.45) is 11.3 Å². The summed E-state index contributed by atoms with van der Waals surface area (Å²) in [4.78, 5) is 30.8. The van der Waals surface area contributed by atoms with E-state index in [2.05, 4.69) is 31.1 Å². The first-order chi connectivity index (χ1) is 21.1. The molecule has 0 bridgehead atoms. The van der Waals surface area contributed by atoms with Crippen molar-refractivity contribution in [3.63, 3.8) is 0 Å². The Morgan fingerprint density at radius 1 is 0.977 bits per heavy atom. The third-order valence-corrected chi connectivity index (χ3v) is 7.20. The van der Waals surface area contributed by atoms with Gasteiger partial charge in [-0.2, -0.15) is 0 Å². The van der Waals surface area contributed by atoms with Gasteiger partial charge in [-0.05, 0) is 54.0 Å². The molecular weight excluding hydrogens is 566 g/mol. The minimum Gasteiger partial charge on any atom is -0.497 e. The molecule has 0 fully saturated rings.